The van der Waals surface area contributed by atoms with Crippen molar-refractivity contribution in [2.45, 2.75) is 112 Å². The molecule has 50 heavy (non-hydrogen) atoms. The Morgan fingerprint density at radius 1 is 0.360 bits per heavy atom. The number of aryl methyl sites for hydroxylation is 1. The second-order valence-corrected chi connectivity index (χ2v) is 18.8. The Morgan fingerprint density at radius 2 is 0.560 bits per heavy atom. The second kappa shape index (κ2) is 13.7. The quantitative estimate of drug-likeness (QED) is 0.172. The fourth-order valence-corrected chi connectivity index (χ4v) is 6.94. The highest BCUT2D eigenvalue weighted by Crippen LogP contribution is 2.48. The molecule has 2 nitrogen and oxygen atoms in total. The van der Waals surface area contributed by atoms with Crippen LogP contribution in [0.1, 0.15) is 111 Å². The van der Waals surface area contributed by atoms with Crippen molar-refractivity contribution < 1.29 is 0 Å². The van der Waals surface area contributed by atoms with E-state index in [4.69, 9.17) is 0 Å². The van der Waals surface area contributed by atoms with E-state index in [1.54, 1.807) is 0 Å². The highest BCUT2D eigenvalue weighted by molar-refractivity contribution is 9.10. The predicted molar refractivity (Wildman–Crippen MR) is 223 cm³/mol. The lowest BCUT2D eigenvalue weighted by molar-refractivity contribution is 0.590. The van der Waals surface area contributed by atoms with E-state index in [9.17, 15) is 0 Å². The first-order chi connectivity index (χ1) is 23.1. The Morgan fingerprint density at radius 3 is 0.740 bits per heavy atom. The lowest BCUT2D eigenvalue weighted by Crippen LogP contribution is -2.17. The maximum atomic E-state index is 4.21. The molecule has 3 heteroatoms. The van der Waals surface area contributed by atoms with Crippen molar-refractivity contribution in [1.82, 2.24) is 0 Å². The SMILES string of the molecule is Cc1cc(N(c2ccc(C(C)(C)C)cc2)c2ccc(C(C)(C)C)cc2)c(Br)c(N(c2ccc(C(C)(C)C)cc2)c2ccc(C(C)(C)C)cc2)c1. The largest absolute Gasteiger partial charge is 0.309 e. The van der Waals surface area contributed by atoms with Crippen LogP contribution in [0, 0.1) is 6.92 Å². The molecule has 0 aliphatic heterocycles. The molecule has 0 amide bonds. The van der Waals surface area contributed by atoms with Crippen LogP contribution in [0.15, 0.2) is 114 Å². The third-order valence-corrected chi connectivity index (χ3v) is 10.4. The Balaban J connectivity index is 1.74. The summed E-state index contributed by atoms with van der Waals surface area (Å²) in [4.78, 5) is 4.78. The van der Waals surface area contributed by atoms with Crippen LogP contribution in [0.3, 0.4) is 0 Å². The van der Waals surface area contributed by atoms with Crippen LogP contribution in [-0.2, 0) is 21.7 Å². The van der Waals surface area contributed by atoms with Crippen molar-refractivity contribution in [3.63, 3.8) is 0 Å². The zero-order valence-corrected chi connectivity index (χ0v) is 34.3. The smallest absolute Gasteiger partial charge is 0.0657 e. The van der Waals surface area contributed by atoms with Gasteiger partial charge in [0.15, 0.2) is 0 Å². The molecular weight excluding hydrogens is 672 g/mol. The third kappa shape index (κ3) is 8.21. The number of benzene rings is 5. The summed E-state index contributed by atoms with van der Waals surface area (Å²) in [7, 11) is 0. The van der Waals surface area contributed by atoms with Crippen molar-refractivity contribution in [2.24, 2.45) is 0 Å². The van der Waals surface area contributed by atoms with Crippen molar-refractivity contribution in [3.05, 3.63) is 141 Å². The summed E-state index contributed by atoms with van der Waals surface area (Å²) in [5.41, 5.74) is 13.4. The van der Waals surface area contributed by atoms with Crippen LogP contribution in [0.2, 0.25) is 0 Å². The molecule has 0 aliphatic rings. The van der Waals surface area contributed by atoms with E-state index in [1.807, 2.05) is 0 Å². The normalized spacial score (nSPS) is 12.6. The summed E-state index contributed by atoms with van der Waals surface area (Å²) < 4.78 is 1.03. The monoisotopic (exact) mass is 728 g/mol. The van der Waals surface area contributed by atoms with Crippen LogP contribution >= 0.6 is 15.9 Å². The van der Waals surface area contributed by atoms with Gasteiger partial charge in [0.25, 0.3) is 0 Å². The lowest BCUT2D eigenvalue weighted by Gasteiger charge is -2.33. The fraction of sp³-hybridized carbons (Fsp3) is 0.362. The Bertz CT molecular complexity index is 1650. The summed E-state index contributed by atoms with van der Waals surface area (Å²) in [6, 6.07) is 40.9. The van der Waals surface area contributed by atoms with Crippen molar-refractivity contribution >= 4 is 50.1 Å². The Hall–Kier alpha value is -3.82. The minimum atomic E-state index is 0.0698. The molecule has 0 unspecified atom stereocenters. The van der Waals surface area contributed by atoms with Gasteiger partial charge in [0.2, 0.25) is 0 Å². The van der Waals surface area contributed by atoms with Crippen molar-refractivity contribution in [2.75, 3.05) is 9.80 Å². The summed E-state index contributed by atoms with van der Waals surface area (Å²) in [5.74, 6) is 0. The molecule has 5 aromatic rings. The van der Waals surface area contributed by atoms with Gasteiger partial charge in [-0.05, 0) is 133 Å². The number of nitrogens with zero attached hydrogens (tertiary/aromatic N) is 2. The van der Waals surface area contributed by atoms with Crippen LogP contribution in [0.4, 0.5) is 34.1 Å². The van der Waals surface area contributed by atoms with E-state index in [2.05, 4.69) is 225 Å². The highest BCUT2D eigenvalue weighted by atomic mass is 79.9. The molecule has 5 aromatic carbocycles. The van der Waals surface area contributed by atoms with Crippen LogP contribution in [-0.4, -0.2) is 0 Å². The summed E-state index contributed by atoms with van der Waals surface area (Å²) >= 11 is 4.21. The van der Waals surface area contributed by atoms with E-state index < -0.39 is 0 Å². The number of halogens is 1. The number of anilines is 6. The van der Waals surface area contributed by atoms with Crippen LogP contribution < -0.4 is 9.80 Å². The Labute approximate surface area is 311 Å². The molecule has 0 aromatic heterocycles. The lowest BCUT2D eigenvalue weighted by atomic mass is 9.86. The van der Waals surface area contributed by atoms with E-state index in [0.29, 0.717) is 0 Å². The van der Waals surface area contributed by atoms with Gasteiger partial charge in [0.05, 0.1) is 15.8 Å². The van der Waals surface area contributed by atoms with Crippen LogP contribution in [0.5, 0.6) is 0 Å². The topological polar surface area (TPSA) is 6.48 Å². The highest BCUT2D eigenvalue weighted by Gasteiger charge is 2.25. The molecule has 0 fully saturated rings. The maximum absolute atomic E-state index is 4.21. The molecule has 0 spiro atoms. The number of hydrogen-bond donors (Lipinski definition) is 0. The molecular formula is C47H57BrN2. The van der Waals surface area contributed by atoms with Crippen molar-refractivity contribution in [1.29, 1.82) is 0 Å². The van der Waals surface area contributed by atoms with E-state index in [-0.39, 0.29) is 21.7 Å². The van der Waals surface area contributed by atoms with E-state index >= 15 is 0 Å². The van der Waals surface area contributed by atoms with Crippen LogP contribution in [0.25, 0.3) is 0 Å². The summed E-state index contributed by atoms with van der Waals surface area (Å²) in [6.45, 7) is 29.4. The molecule has 0 radical (unpaired) electrons. The molecule has 0 bridgehead atoms. The number of hydrogen-bond acceptors (Lipinski definition) is 2. The third-order valence-electron chi connectivity index (χ3n) is 9.63. The predicted octanol–water partition coefficient (Wildman–Crippen LogP) is 14.9. The number of rotatable bonds is 6. The molecule has 0 N–H and O–H groups in total. The van der Waals surface area contributed by atoms with Gasteiger partial charge in [0, 0.05) is 22.7 Å². The first-order valence-electron chi connectivity index (χ1n) is 18.0. The molecule has 0 saturated heterocycles. The van der Waals surface area contributed by atoms with Gasteiger partial charge in [-0.2, -0.15) is 0 Å². The maximum Gasteiger partial charge on any atom is 0.0657 e. The Kier molecular flexibility index (Phi) is 10.3. The second-order valence-electron chi connectivity index (χ2n) is 18.0. The molecule has 262 valence electrons. The summed E-state index contributed by atoms with van der Waals surface area (Å²) in [6.07, 6.45) is 0. The van der Waals surface area contributed by atoms with E-state index in [1.165, 1.54) is 27.8 Å². The van der Waals surface area contributed by atoms with Gasteiger partial charge in [-0.25, -0.2) is 0 Å². The molecule has 5 rings (SSSR count). The standard InChI is InChI=1S/C47H57BrN2/c1-32-30-41(49(37-22-14-33(15-23-37)44(2,3)4)38-24-16-34(17-25-38)45(5,6)7)43(48)42(31-32)50(39-26-18-35(19-27-39)46(8,9)10)40-28-20-36(21-29-40)47(11,12)13/h14-31H,1-13H3. The zero-order valence-electron chi connectivity index (χ0n) is 32.7. The van der Waals surface area contributed by atoms with Gasteiger partial charge in [0.1, 0.15) is 0 Å². The van der Waals surface area contributed by atoms with Crippen molar-refractivity contribution in [3.8, 4) is 0 Å². The minimum Gasteiger partial charge on any atom is -0.309 e. The minimum absolute atomic E-state index is 0.0698. The molecule has 0 saturated carbocycles. The first-order valence-corrected chi connectivity index (χ1v) is 18.8. The first kappa shape index (κ1) is 37.4. The molecule has 0 heterocycles. The van der Waals surface area contributed by atoms with Gasteiger partial charge in [-0.15, -0.1) is 0 Å². The molecule has 0 aliphatic carbocycles. The van der Waals surface area contributed by atoms with Gasteiger partial charge in [-0.1, -0.05) is 132 Å². The van der Waals surface area contributed by atoms with Gasteiger partial charge >= 0.3 is 0 Å². The fourth-order valence-electron chi connectivity index (χ4n) is 6.35. The average molecular weight is 730 g/mol. The van der Waals surface area contributed by atoms with Gasteiger partial charge < -0.3 is 9.80 Å². The molecule has 0 atom stereocenters. The van der Waals surface area contributed by atoms with E-state index in [0.717, 1.165) is 38.6 Å². The van der Waals surface area contributed by atoms with Gasteiger partial charge in [-0.3, -0.25) is 0 Å². The average Bonchev–Trinajstić information content (AvgIpc) is 3.03. The summed E-state index contributed by atoms with van der Waals surface area (Å²) in [5, 5.41) is 0. The zero-order chi connectivity index (χ0) is 36.8.